The summed E-state index contributed by atoms with van der Waals surface area (Å²) in [7, 11) is 0. The summed E-state index contributed by atoms with van der Waals surface area (Å²) in [4.78, 5) is 15.0. The molecular weight excluding hydrogens is 266 g/mol. The Kier molecular flexibility index (Phi) is 3.64. The molecule has 0 atom stereocenters. The van der Waals surface area contributed by atoms with Crippen molar-refractivity contribution in [3.8, 4) is 6.07 Å². The molecule has 5 nitrogen and oxygen atoms in total. The summed E-state index contributed by atoms with van der Waals surface area (Å²) in [6.45, 7) is 0. The highest BCUT2D eigenvalue weighted by Gasteiger charge is 2.09. The summed E-state index contributed by atoms with van der Waals surface area (Å²) in [5.41, 5.74) is 0.998. The van der Waals surface area contributed by atoms with Gasteiger partial charge in [0.15, 0.2) is 0 Å². The lowest BCUT2D eigenvalue weighted by atomic mass is 10.2. The molecule has 0 aliphatic carbocycles. The third-order valence-corrected chi connectivity index (χ3v) is 2.69. The second kappa shape index (κ2) is 5.38. The number of halogens is 1. The maximum absolute atomic E-state index is 11.0. The molecule has 2 N–H and O–H groups in total. The first-order valence-electron chi connectivity index (χ1n) is 5.26. The van der Waals surface area contributed by atoms with Gasteiger partial charge in [0, 0.05) is 11.9 Å². The number of aromatic nitrogens is 1. The number of rotatable bonds is 3. The summed E-state index contributed by atoms with van der Waals surface area (Å²) >= 11 is 5.77. The van der Waals surface area contributed by atoms with Crippen LogP contribution in [0.15, 0.2) is 36.5 Å². The molecule has 94 valence electrons. The normalized spacial score (nSPS) is 9.68. The van der Waals surface area contributed by atoms with E-state index < -0.39 is 5.97 Å². The predicted octanol–water partition coefficient (Wildman–Crippen LogP) is 3.05. The molecule has 1 aromatic carbocycles. The summed E-state index contributed by atoms with van der Waals surface area (Å²) in [6.07, 6.45) is 1.49. The molecule has 0 saturated heterocycles. The first-order valence-corrected chi connectivity index (χ1v) is 5.64. The van der Waals surface area contributed by atoms with Crippen LogP contribution in [-0.2, 0) is 0 Å². The second-order valence-electron chi connectivity index (χ2n) is 3.67. The monoisotopic (exact) mass is 273 g/mol. The van der Waals surface area contributed by atoms with Gasteiger partial charge in [-0.05, 0) is 30.3 Å². The highest BCUT2D eigenvalue weighted by Crippen LogP contribution is 2.22. The Labute approximate surface area is 114 Å². The van der Waals surface area contributed by atoms with Crippen LogP contribution in [0.1, 0.15) is 15.9 Å². The summed E-state index contributed by atoms with van der Waals surface area (Å²) in [6, 6.07) is 9.67. The van der Waals surface area contributed by atoms with Crippen molar-refractivity contribution < 1.29 is 9.90 Å². The molecule has 19 heavy (non-hydrogen) atoms. The van der Waals surface area contributed by atoms with Crippen LogP contribution in [0.25, 0.3) is 0 Å². The van der Waals surface area contributed by atoms with Crippen molar-refractivity contribution in [1.29, 1.82) is 5.26 Å². The first-order chi connectivity index (χ1) is 9.10. The molecule has 0 spiro atoms. The predicted molar refractivity (Wildman–Crippen MR) is 70.6 cm³/mol. The van der Waals surface area contributed by atoms with Crippen LogP contribution in [0.3, 0.4) is 0 Å². The Morgan fingerprint density at radius 3 is 2.84 bits per heavy atom. The van der Waals surface area contributed by atoms with Gasteiger partial charge in [-0.1, -0.05) is 11.6 Å². The van der Waals surface area contributed by atoms with Crippen molar-refractivity contribution in [1.82, 2.24) is 4.98 Å². The zero-order valence-electron chi connectivity index (χ0n) is 9.59. The fraction of sp³-hybridized carbons (Fsp3) is 0. The Hall–Kier alpha value is -2.58. The van der Waals surface area contributed by atoms with Crippen molar-refractivity contribution in [3.63, 3.8) is 0 Å². The number of aromatic carboxylic acids is 1. The van der Waals surface area contributed by atoms with Crippen molar-refractivity contribution >= 4 is 29.1 Å². The Balaban J connectivity index is 2.31. The Bertz CT molecular complexity index is 680. The van der Waals surface area contributed by atoms with E-state index >= 15 is 0 Å². The van der Waals surface area contributed by atoms with Crippen molar-refractivity contribution in [2.24, 2.45) is 0 Å². The topological polar surface area (TPSA) is 86.0 Å². The first kappa shape index (κ1) is 12.9. The minimum Gasteiger partial charge on any atom is -0.478 e. The van der Waals surface area contributed by atoms with Crippen LogP contribution in [0.2, 0.25) is 5.02 Å². The number of benzene rings is 1. The molecule has 0 radical (unpaired) electrons. The second-order valence-corrected chi connectivity index (χ2v) is 4.07. The van der Waals surface area contributed by atoms with Crippen LogP contribution < -0.4 is 5.32 Å². The van der Waals surface area contributed by atoms with Gasteiger partial charge in [-0.25, -0.2) is 9.78 Å². The Morgan fingerprint density at radius 2 is 2.16 bits per heavy atom. The smallest absolute Gasteiger partial charge is 0.337 e. The number of carboxylic acid groups (broad SMARTS) is 1. The van der Waals surface area contributed by atoms with Crippen molar-refractivity contribution in [2.45, 2.75) is 0 Å². The fourth-order valence-electron chi connectivity index (χ4n) is 1.48. The van der Waals surface area contributed by atoms with Gasteiger partial charge in [-0.2, -0.15) is 5.26 Å². The van der Waals surface area contributed by atoms with Crippen molar-refractivity contribution in [2.75, 3.05) is 5.32 Å². The van der Waals surface area contributed by atoms with E-state index in [9.17, 15) is 4.79 Å². The lowest BCUT2D eigenvalue weighted by molar-refractivity contribution is 0.0697. The molecule has 2 rings (SSSR count). The zero-order chi connectivity index (χ0) is 13.8. The van der Waals surface area contributed by atoms with Crippen LogP contribution in [0, 0.1) is 11.3 Å². The number of nitriles is 1. The number of nitrogens with zero attached hydrogens (tertiary/aromatic N) is 2. The van der Waals surface area contributed by atoms with Gasteiger partial charge in [0.05, 0.1) is 22.2 Å². The molecule has 0 aliphatic heterocycles. The van der Waals surface area contributed by atoms with Gasteiger partial charge in [0.25, 0.3) is 0 Å². The maximum atomic E-state index is 11.0. The summed E-state index contributed by atoms with van der Waals surface area (Å²) < 4.78 is 0. The van der Waals surface area contributed by atoms with E-state index in [-0.39, 0.29) is 10.6 Å². The lowest BCUT2D eigenvalue weighted by Gasteiger charge is -2.07. The SMILES string of the molecule is N#Cc1ccnc(Nc2ccc(Cl)c(C(=O)O)c2)c1. The minimum absolute atomic E-state index is 0.00287. The van der Waals surface area contributed by atoms with Gasteiger partial charge in [0.2, 0.25) is 0 Å². The van der Waals surface area contributed by atoms with Crippen LogP contribution >= 0.6 is 11.6 Å². The van der Waals surface area contributed by atoms with Crippen LogP contribution in [-0.4, -0.2) is 16.1 Å². The van der Waals surface area contributed by atoms with E-state index in [1.807, 2.05) is 6.07 Å². The van der Waals surface area contributed by atoms with Crippen molar-refractivity contribution in [3.05, 3.63) is 52.7 Å². The average Bonchev–Trinajstić information content (AvgIpc) is 2.41. The molecule has 0 fully saturated rings. The van der Waals surface area contributed by atoms with E-state index in [0.29, 0.717) is 17.1 Å². The fourth-order valence-corrected chi connectivity index (χ4v) is 1.68. The molecule has 0 saturated carbocycles. The van der Waals surface area contributed by atoms with E-state index in [0.717, 1.165) is 0 Å². The van der Waals surface area contributed by atoms with Gasteiger partial charge in [0.1, 0.15) is 5.82 Å². The number of hydrogen-bond acceptors (Lipinski definition) is 4. The number of pyridine rings is 1. The summed E-state index contributed by atoms with van der Waals surface area (Å²) in [5, 5.41) is 20.8. The number of carbonyl (C=O) groups is 1. The highest BCUT2D eigenvalue weighted by atomic mass is 35.5. The zero-order valence-corrected chi connectivity index (χ0v) is 10.3. The average molecular weight is 274 g/mol. The molecule has 1 aromatic heterocycles. The number of anilines is 2. The quantitative estimate of drug-likeness (QED) is 0.897. The van der Waals surface area contributed by atoms with Crippen LogP contribution in [0.4, 0.5) is 11.5 Å². The molecule has 2 aromatic rings. The maximum Gasteiger partial charge on any atom is 0.337 e. The van der Waals surface area contributed by atoms with Gasteiger partial charge in [-0.15, -0.1) is 0 Å². The number of carboxylic acids is 1. The summed E-state index contributed by atoms with van der Waals surface area (Å²) in [5.74, 6) is -0.648. The Morgan fingerprint density at radius 1 is 1.37 bits per heavy atom. The molecular formula is C13H8ClN3O2. The van der Waals surface area contributed by atoms with Gasteiger partial charge >= 0.3 is 5.97 Å². The van der Waals surface area contributed by atoms with Gasteiger partial charge in [-0.3, -0.25) is 0 Å². The van der Waals surface area contributed by atoms with E-state index in [2.05, 4.69) is 10.3 Å². The minimum atomic E-state index is -1.10. The molecule has 0 amide bonds. The number of hydrogen-bond donors (Lipinski definition) is 2. The van der Waals surface area contributed by atoms with Crippen LogP contribution in [0.5, 0.6) is 0 Å². The molecule has 0 aliphatic rings. The third kappa shape index (κ3) is 3.00. The largest absolute Gasteiger partial charge is 0.478 e. The molecule has 0 unspecified atom stereocenters. The van der Waals surface area contributed by atoms with Gasteiger partial charge < -0.3 is 10.4 Å². The molecule has 0 bridgehead atoms. The van der Waals surface area contributed by atoms with E-state index in [1.54, 1.807) is 18.2 Å². The van der Waals surface area contributed by atoms with E-state index in [4.69, 9.17) is 22.0 Å². The molecule has 1 heterocycles. The highest BCUT2D eigenvalue weighted by molar-refractivity contribution is 6.33. The lowest BCUT2D eigenvalue weighted by Crippen LogP contribution is -2.00. The van der Waals surface area contributed by atoms with E-state index in [1.165, 1.54) is 18.3 Å². The standard InChI is InChI=1S/C13H8ClN3O2/c14-11-2-1-9(6-10(11)13(18)19)17-12-5-8(7-15)3-4-16-12/h1-6H,(H,16,17)(H,18,19). The molecule has 6 heteroatoms. The number of nitrogens with one attached hydrogen (secondary N) is 1. The third-order valence-electron chi connectivity index (χ3n) is 2.36.